The van der Waals surface area contributed by atoms with Gasteiger partial charge in [0, 0.05) is 5.41 Å². The Morgan fingerprint density at radius 2 is 1.30 bits per heavy atom. The third-order valence-corrected chi connectivity index (χ3v) is 19.1. The molecule has 19 heteroatoms. The van der Waals surface area contributed by atoms with Crippen LogP contribution in [0.5, 0.6) is 0 Å². The Bertz CT molecular complexity index is 1800. The van der Waals surface area contributed by atoms with Gasteiger partial charge in [-0.1, -0.05) is 53.2 Å². The molecule has 378 valence electrons. The molecule has 12 N–H and O–H groups in total. The van der Waals surface area contributed by atoms with Crippen LogP contribution in [0.1, 0.15) is 99.3 Å². The standard InChI is InChI=1S/C47H76O19/c1-42(2)13-14-47(41(60)66-40-35(58)33(56)31(54)25(18-49)63-40)22(15-42)21-7-8-27-43(3)11-10-29(44(4,20-50)26(43)9-12-45(27,5)46(21,6)16-28(47)52)64-38-36(59)37(23(51)19-61-38)65-39-34(57)32(55)30(53)24(17-48)62-39/h7,22-40,48-59H,8-20H2,1-6H3/t22-,23-,24+,25+,26+,27+,28+,29-,30+,31+,32-,33-,34+,35+,36+,37-,38-,39-,40-,43-,44-,45+,46+,47+/m0/s1. The molecule has 0 amide bonds. The quantitative estimate of drug-likeness (QED) is 0.0728. The van der Waals surface area contributed by atoms with Crippen molar-refractivity contribution in [2.45, 2.75) is 198 Å². The van der Waals surface area contributed by atoms with E-state index in [1.807, 2.05) is 6.92 Å². The van der Waals surface area contributed by atoms with E-state index in [0.717, 1.165) is 12.0 Å². The highest BCUT2D eigenvalue weighted by atomic mass is 16.7. The van der Waals surface area contributed by atoms with Crippen molar-refractivity contribution in [3.8, 4) is 0 Å². The third kappa shape index (κ3) is 7.68. The van der Waals surface area contributed by atoms with Crippen molar-refractivity contribution in [1.82, 2.24) is 0 Å². The van der Waals surface area contributed by atoms with Gasteiger partial charge in [-0.15, -0.1) is 0 Å². The second-order valence-corrected chi connectivity index (χ2v) is 23.0. The maximum absolute atomic E-state index is 14.7. The molecule has 24 atom stereocenters. The zero-order chi connectivity index (χ0) is 48.3. The molecule has 4 saturated carbocycles. The number of aliphatic hydroxyl groups excluding tert-OH is 12. The van der Waals surface area contributed by atoms with Crippen molar-refractivity contribution in [2.24, 2.45) is 50.2 Å². The summed E-state index contributed by atoms with van der Waals surface area (Å²) in [5.74, 6) is -1.19. The first-order valence-electron chi connectivity index (χ1n) is 24.0. The zero-order valence-corrected chi connectivity index (χ0v) is 39.0. The summed E-state index contributed by atoms with van der Waals surface area (Å²) >= 11 is 0. The minimum Gasteiger partial charge on any atom is -0.432 e. The van der Waals surface area contributed by atoms with Crippen LogP contribution in [-0.2, 0) is 33.2 Å². The lowest BCUT2D eigenvalue weighted by atomic mass is 9.33. The Morgan fingerprint density at radius 3 is 1.92 bits per heavy atom. The van der Waals surface area contributed by atoms with Crippen molar-refractivity contribution in [3.63, 3.8) is 0 Å². The molecule has 0 bridgehead atoms. The summed E-state index contributed by atoms with van der Waals surface area (Å²) in [6.07, 6.45) is -16.4. The van der Waals surface area contributed by atoms with Crippen LogP contribution in [0.4, 0.5) is 0 Å². The second kappa shape index (κ2) is 18.0. The first kappa shape index (κ1) is 50.9. The van der Waals surface area contributed by atoms with E-state index in [4.69, 9.17) is 28.4 Å². The fourth-order valence-corrected chi connectivity index (χ4v) is 14.9. The van der Waals surface area contributed by atoms with Gasteiger partial charge in [0.25, 0.3) is 0 Å². The molecule has 0 unspecified atom stereocenters. The molecular formula is C47H76O19. The number of fused-ring (bicyclic) bond motifs is 7. The van der Waals surface area contributed by atoms with E-state index in [1.165, 1.54) is 0 Å². The molecule has 3 aliphatic heterocycles. The van der Waals surface area contributed by atoms with Crippen molar-refractivity contribution in [2.75, 3.05) is 26.4 Å². The number of esters is 1. The molecule has 0 aromatic rings. The lowest BCUT2D eigenvalue weighted by molar-refractivity contribution is -0.358. The summed E-state index contributed by atoms with van der Waals surface area (Å²) in [6.45, 7) is 11.2. The highest BCUT2D eigenvalue weighted by molar-refractivity contribution is 5.80. The van der Waals surface area contributed by atoms with Gasteiger partial charge in [0.2, 0.25) is 6.29 Å². The minimum absolute atomic E-state index is 0.0738. The highest BCUT2D eigenvalue weighted by Crippen LogP contribution is 2.76. The van der Waals surface area contributed by atoms with Gasteiger partial charge >= 0.3 is 5.97 Å². The predicted molar refractivity (Wildman–Crippen MR) is 227 cm³/mol. The summed E-state index contributed by atoms with van der Waals surface area (Å²) in [5, 5.41) is 129. The Kier molecular flexibility index (Phi) is 13.9. The highest BCUT2D eigenvalue weighted by Gasteiger charge is 2.72. The van der Waals surface area contributed by atoms with Crippen LogP contribution in [0.2, 0.25) is 0 Å². The molecule has 3 heterocycles. The Hall–Kier alpha value is -1.47. The number of allylic oxidation sites excluding steroid dienone is 2. The van der Waals surface area contributed by atoms with Crippen molar-refractivity contribution >= 4 is 5.97 Å². The van der Waals surface area contributed by atoms with Gasteiger partial charge in [0.05, 0.1) is 38.6 Å². The third-order valence-electron chi connectivity index (χ3n) is 19.1. The first-order chi connectivity index (χ1) is 30.9. The molecular weight excluding hydrogens is 868 g/mol. The maximum atomic E-state index is 14.7. The average Bonchev–Trinajstić information content (AvgIpc) is 3.27. The van der Waals surface area contributed by atoms with E-state index >= 15 is 0 Å². The monoisotopic (exact) mass is 944 g/mol. The Balaban J connectivity index is 1.04. The lowest BCUT2D eigenvalue weighted by Gasteiger charge is -2.72. The van der Waals surface area contributed by atoms with Crippen LogP contribution in [0.25, 0.3) is 0 Å². The molecule has 66 heavy (non-hydrogen) atoms. The van der Waals surface area contributed by atoms with E-state index < -0.39 is 140 Å². The lowest BCUT2D eigenvalue weighted by Crippen LogP contribution is -2.69. The SMILES string of the molecule is CC1(C)CC[C@]2(C(=O)O[C@@H]3O[C@H](CO)[C@@H](O)[C@H](O)[C@H]3O)[C@H](O)C[C@]3(C)C(=CC[C@@H]4[C@@]5(C)CC[C@H](O[C@@H]6OC[C@H](O)[C@H](O[C@@H]7O[C@H](CO)[C@@H](O)[C@H](O)[C@H]7O)[C@H]6O)[C@@](C)(CO)[C@@H]5CC[C@]43C)[C@@H]2C1. The predicted octanol–water partition coefficient (Wildman–Crippen LogP) is -1.28. The fourth-order valence-electron chi connectivity index (χ4n) is 14.9. The summed E-state index contributed by atoms with van der Waals surface area (Å²) in [7, 11) is 0. The van der Waals surface area contributed by atoms with Gasteiger partial charge < -0.3 is 89.7 Å². The number of hydrogen-bond donors (Lipinski definition) is 12. The first-order valence-corrected chi connectivity index (χ1v) is 24.0. The van der Waals surface area contributed by atoms with Crippen LogP contribution >= 0.6 is 0 Å². The van der Waals surface area contributed by atoms with Crippen LogP contribution < -0.4 is 0 Å². The van der Waals surface area contributed by atoms with Crippen molar-refractivity contribution in [1.29, 1.82) is 0 Å². The molecule has 8 aliphatic rings. The van der Waals surface area contributed by atoms with E-state index in [1.54, 1.807) is 0 Å². The normalized spacial score (nSPS) is 54.8. The van der Waals surface area contributed by atoms with Crippen molar-refractivity contribution < 1.29 is 94.5 Å². The molecule has 7 fully saturated rings. The van der Waals surface area contributed by atoms with Gasteiger partial charge in [-0.3, -0.25) is 4.79 Å². The van der Waals surface area contributed by atoms with Crippen LogP contribution in [0.3, 0.4) is 0 Å². The summed E-state index contributed by atoms with van der Waals surface area (Å²) in [6, 6.07) is 0. The molecule has 3 saturated heterocycles. The summed E-state index contributed by atoms with van der Waals surface area (Å²) in [4.78, 5) is 14.7. The van der Waals surface area contributed by atoms with E-state index in [2.05, 4.69) is 40.7 Å². The van der Waals surface area contributed by atoms with E-state index in [9.17, 15) is 66.1 Å². The van der Waals surface area contributed by atoms with Gasteiger partial charge in [-0.05, 0) is 97.2 Å². The van der Waals surface area contributed by atoms with E-state index in [-0.39, 0.29) is 47.7 Å². The Labute approximate surface area is 385 Å². The van der Waals surface area contributed by atoms with Crippen LogP contribution in [0, 0.1) is 50.2 Å². The number of carbonyl (C=O) groups is 1. The van der Waals surface area contributed by atoms with Gasteiger partial charge in [-0.25, -0.2) is 0 Å². The van der Waals surface area contributed by atoms with Crippen LogP contribution in [-0.4, -0.2) is 192 Å². The summed E-state index contributed by atoms with van der Waals surface area (Å²) < 4.78 is 35.2. The Morgan fingerprint density at radius 1 is 0.682 bits per heavy atom. The fraction of sp³-hybridized carbons (Fsp3) is 0.936. The van der Waals surface area contributed by atoms with Gasteiger partial charge in [-0.2, -0.15) is 0 Å². The maximum Gasteiger partial charge on any atom is 0.317 e. The van der Waals surface area contributed by atoms with Gasteiger partial charge in [0.15, 0.2) is 12.6 Å². The average molecular weight is 945 g/mol. The molecule has 5 aliphatic carbocycles. The number of hydrogen-bond acceptors (Lipinski definition) is 19. The smallest absolute Gasteiger partial charge is 0.317 e. The molecule has 0 spiro atoms. The van der Waals surface area contributed by atoms with Crippen molar-refractivity contribution in [3.05, 3.63) is 11.6 Å². The van der Waals surface area contributed by atoms with Crippen LogP contribution in [0.15, 0.2) is 11.6 Å². The summed E-state index contributed by atoms with van der Waals surface area (Å²) in [5.41, 5.74) is -2.63. The topological polar surface area (TPSA) is 315 Å². The number of ether oxygens (including phenoxy) is 6. The number of carbonyl (C=O) groups excluding carboxylic acids is 1. The second-order valence-electron chi connectivity index (χ2n) is 23.0. The van der Waals surface area contributed by atoms with Gasteiger partial charge in [0.1, 0.15) is 72.6 Å². The van der Waals surface area contributed by atoms with E-state index in [0.29, 0.717) is 44.9 Å². The molecule has 0 aromatic carbocycles. The molecule has 19 nitrogen and oxygen atoms in total. The molecule has 0 radical (unpaired) electrons. The minimum atomic E-state index is -1.79. The zero-order valence-electron chi connectivity index (χ0n) is 39.0. The molecule has 8 rings (SSSR count). The number of rotatable bonds is 9. The largest absolute Gasteiger partial charge is 0.432 e. The molecule has 0 aromatic heterocycles. The number of aliphatic hydroxyl groups is 12.